The molecule has 1 aliphatic heterocycles. The standard InChI is InChI=1S/C16H16N6/c17-12-4-8-22(10-12)16-13-3-7-19-9-14(13)20-15(21-16)11-1-5-18-6-2-11/h1-3,5-7,9,12H,4,8,10,17H2. The average molecular weight is 292 g/mol. The van der Waals surface area contributed by atoms with Gasteiger partial charge in [-0.25, -0.2) is 9.97 Å². The van der Waals surface area contributed by atoms with Crippen LogP contribution in [0.15, 0.2) is 43.0 Å². The summed E-state index contributed by atoms with van der Waals surface area (Å²) in [6.45, 7) is 1.75. The Morgan fingerprint density at radius 2 is 1.86 bits per heavy atom. The number of hydrogen-bond acceptors (Lipinski definition) is 6. The van der Waals surface area contributed by atoms with Crippen molar-refractivity contribution in [2.75, 3.05) is 18.0 Å². The van der Waals surface area contributed by atoms with Crippen molar-refractivity contribution in [2.45, 2.75) is 12.5 Å². The first-order valence-electron chi connectivity index (χ1n) is 7.34. The molecule has 0 aliphatic carbocycles. The van der Waals surface area contributed by atoms with Crippen molar-refractivity contribution in [3.8, 4) is 11.4 Å². The first-order chi connectivity index (χ1) is 10.8. The van der Waals surface area contributed by atoms with Gasteiger partial charge in [-0.1, -0.05) is 0 Å². The topological polar surface area (TPSA) is 80.8 Å². The molecule has 0 amide bonds. The van der Waals surface area contributed by atoms with E-state index in [1.165, 1.54) is 0 Å². The van der Waals surface area contributed by atoms with Gasteiger partial charge in [0.15, 0.2) is 5.82 Å². The monoisotopic (exact) mass is 292 g/mol. The third kappa shape index (κ3) is 2.27. The zero-order valence-corrected chi connectivity index (χ0v) is 12.1. The molecule has 0 spiro atoms. The van der Waals surface area contributed by atoms with Crippen molar-refractivity contribution < 1.29 is 0 Å². The first-order valence-corrected chi connectivity index (χ1v) is 7.34. The van der Waals surface area contributed by atoms with E-state index < -0.39 is 0 Å². The Morgan fingerprint density at radius 1 is 1.05 bits per heavy atom. The SMILES string of the molecule is NC1CCN(c2nc(-c3ccncc3)nc3cnccc23)C1. The molecule has 0 bridgehead atoms. The van der Waals surface area contributed by atoms with E-state index in [-0.39, 0.29) is 6.04 Å². The van der Waals surface area contributed by atoms with Crippen LogP contribution < -0.4 is 10.6 Å². The summed E-state index contributed by atoms with van der Waals surface area (Å²) in [5.74, 6) is 1.63. The lowest BCUT2D eigenvalue weighted by Crippen LogP contribution is -2.27. The van der Waals surface area contributed by atoms with Crippen molar-refractivity contribution in [1.29, 1.82) is 0 Å². The molecule has 4 heterocycles. The van der Waals surface area contributed by atoms with Crippen LogP contribution >= 0.6 is 0 Å². The maximum absolute atomic E-state index is 6.05. The van der Waals surface area contributed by atoms with Crippen LogP contribution in [0, 0.1) is 0 Å². The lowest BCUT2D eigenvalue weighted by molar-refractivity contribution is 0.751. The predicted molar refractivity (Wildman–Crippen MR) is 85.4 cm³/mol. The second-order valence-electron chi connectivity index (χ2n) is 5.49. The van der Waals surface area contributed by atoms with Crippen LogP contribution in [0.4, 0.5) is 5.82 Å². The van der Waals surface area contributed by atoms with Crippen LogP contribution in [0.5, 0.6) is 0 Å². The van der Waals surface area contributed by atoms with Crippen molar-refractivity contribution in [2.24, 2.45) is 5.73 Å². The maximum atomic E-state index is 6.05. The van der Waals surface area contributed by atoms with E-state index in [4.69, 9.17) is 10.7 Å². The van der Waals surface area contributed by atoms with Gasteiger partial charge in [-0.3, -0.25) is 9.97 Å². The summed E-state index contributed by atoms with van der Waals surface area (Å²) in [6, 6.07) is 6.00. The third-order valence-corrected chi connectivity index (χ3v) is 3.94. The van der Waals surface area contributed by atoms with E-state index >= 15 is 0 Å². The number of aromatic nitrogens is 4. The van der Waals surface area contributed by atoms with Gasteiger partial charge in [0.25, 0.3) is 0 Å². The number of anilines is 1. The molecular weight excluding hydrogens is 276 g/mol. The summed E-state index contributed by atoms with van der Waals surface area (Å²) >= 11 is 0. The fourth-order valence-electron chi connectivity index (χ4n) is 2.81. The Kier molecular flexibility index (Phi) is 3.16. The Bertz CT molecular complexity index is 804. The Labute approximate surface area is 128 Å². The molecule has 2 N–H and O–H groups in total. The van der Waals surface area contributed by atoms with Gasteiger partial charge in [0, 0.05) is 48.7 Å². The number of nitrogens with zero attached hydrogens (tertiary/aromatic N) is 5. The van der Waals surface area contributed by atoms with Crippen LogP contribution in [0.1, 0.15) is 6.42 Å². The minimum absolute atomic E-state index is 0.205. The molecule has 3 aromatic heterocycles. The Balaban J connectivity index is 1.90. The van der Waals surface area contributed by atoms with E-state index in [9.17, 15) is 0 Å². The minimum Gasteiger partial charge on any atom is -0.354 e. The molecule has 0 saturated carbocycles. The molecule has 3 aromatic rings. The minimum atomic E-state index is 0.205. The molecule has 0 radical (unpaired) electrons. The number of rotatable bonds is 2. The highest BCUT2D eigenvalue weighted by Gasteiger charge is 2.23. The zero-order chi connectivity index (χ0) is 14.9. The Hall–Kier alpha value is -2.60. The third-order valence-electron chi connectivity index (χ3n) is 3.94. The molecule has 6 heteroatoms. The largest absolute Gasteiger partial charge is 0.354 e. The van der Waals surface area contributed by atoms with Gasteiger partial charge in [-0.2, -0.15) is 0 Å². The maximum Gasteiger partial charge on any atom is 0.162 e. The van der Waals surface area contributed by atoms with Crippen LogP contribution in [-0.4, -0.2) is 39.1 Å². The van der Waals surface area contributed by atoms with Crippen LogP contribution in [0.25, 0.3) is 22.3 Å². The van der Waals surface area contributed by atoms with Crippen LogP contribution in [0.2, 0.25) is 0 Å². The van der Waals surface area contributed by atoms with Gasteiger partial charge in [0.05, 0.1) is 11.7 Å². The first kappa shape index (κ1) is 13.1. The van der Waals surface area contributed by atoms with Crippen LogP contribution in [-0.2, 0) is 0 Å². The van der Waals surface area contributed by atoms with Gasteiger partial charge in [0.2, 0.25) is 0 Å². The molecule has 6 nitrogen and oxygen atoms in total. The van der Waals surface area contributed by atoms with E-state index in [1.54, 1.807) is 24.8 Å². The van der Waals surface area contributed by atoms with Gasteiger partial charge in [0.1, 0.15) is 5.82 Å². The van der Waals surface area contributed by atoms with Gasteiger partial charge in [-0.05, 0) is 24.6 Å². The summed E-state index contributed by atoms with van der Waals surface area (Å²) < 4.78 is 0. The fraction of sp³-hybridized carbons (Fsp3) is 0.250. The van der Waals surface area contributed by atoms with E-state index in [2.05, 4.69) is 19.9 Å². The van der Waals surface area contributed by atoms with E-state index in [0.717, 1.165) is 41.8 Å². The second-order valence-corrected chi connectivity index (χ2v) is 5.49. The van der Waals surface area contributed by atoms with Crippen molar-refractivity contribution >= 4 is 16.7 Å². The highest BCUT2D eigenvalue weighted by molar-refractivity contribution is 5.90. The van der Waals surface area contributed by atoms with Gasteiger partial charge in [-0.15, -0.1) is 0 Å². The molecule has 1 aliphatic rings. The molecule has 22 heavy (non-hydrogen) atoms. The lowest BCUT2D eigenvalue weighted by atomic mass is 10.2. The molecule has 1 unspecified atom stereocenters. The highest BCUT2D eigenvalue weighted by atomic mass is 15.2. The van der Waals surface area contributed by atoms with Gasteiger partial charge < -0.3 is 10.6 Å². The summed E-state index contributed by atoms with van der Waals surface area (Å²) in [7, 11) is 0. The van der Waals surface area contributed by atoms with Gasteiger partial charge >= 0.3 is 0 Å². The second kappa shape index (κ2) is 5.31. The predicted octanol–water partition coefficient (Wildman–Crippen LogP) is 1.62. The van der Waals surface area contributed by atoms with Crippen molar-refractivity contribution in [3.05, 3.63) is 43.0 Å². The summed E-state index contributed by atoms with van der Waals surface area (Å²) in [4.78, 5) is 19.9. The number of nitrogens with two attached hydrogens (primary N) is 1. The molecule has 4 rings (SSSR count). The molecule has 1 atom stereocenters. The smallest absolute Gasteiger partial charge is 0.162 e. The molecule has 1 saturated heterocycles. The fourth-order valence-corrected chi connectivity index (χ4v) is 2.81. The highest BCUT2D eigenvalue weighted by Crippen LogP contribution is 2.28. The average Bonchev–Trinajstić information content (AvgIpc) is 3.01. The summed E-state index contributed by atoms with van der Waals surface area (Å²) in [5.41, 5.74) is 7.85. The quantitative estimate of drug-likeness (QED) is 0.773. The van der Waals surface area contributed by atoms with E-state index in [1.807, 2.05) is 18.2 Å². The number of pyridine rings is 2. The van der Waals surface area contributed by atoms with Crippen molar-refractivity contribution in [1.82, 2.24) is 19.9 Å². The Morgan fingerprint density at radius 3 is 2.64 bits per heavy atom. The molecule has 0 aromatic carbocycles. The molecule has 1 fully saturated rings. The molecular formula is C16H16N6. The number of hydrogen-bond donors (Lipinski definition) is 1. The van der Waals surface area contributed by atoms with Crippen LogP contribution in [0.3, 0.4) is 0 Å². The number of fused-ring (bicyclic) bond motifs is 1. The zero-order valence-electron chi connectivity index (χ0n) is 12.1. The molecule has 110 valence electrons. The van der Waals surface area contributed by atoms with E-state index in [0.29, 0.717) is 5.82 Å². The summed E-state index contributed by atoms with van der Waals surface area (Å²) in [6.07, 6.45) is 8.04. The summed E-state index contributed by atoms with van der Waals surface area (Å²) in [5, 5.41) is 1.02. The lowest BCUT2D eigenvalue weighted by Gasteiger charge is -2.19. The normalized spacial score (nSPS) is 18.0. The van der Waals surface area contributed by atoms with Crippen molar-refractivity contribution in [3.63, 3.8) is 0 Å².